The van der Waals surface area contributed by atoms with E-state index < -0.39 is 0 Å². The fraction of sp³-hybridized carbons (Fsp3) is 0.231. The van der Waals surface area contributed by atoms with Gasteiger partial charge in [-0.05, 0) is 52.9 Å². The van der Waals surface area contributed by atoms with Gasteiger partial charge in [0.1, 0.15) is 0 Å². The molecule has 1 nitrogen and oxygen atoms in total. The molecule has 0 spiro atoms. The van der Waals surface area contributed by atoms with Gasteiger partial charge in [0.05, 0.1) is 6.10 Å². The molecule has 84 valence electrons. The molecule has 0 fully saturated rings. The number of aliphatic hydroxyl groups is 1. The molecule has 2 aromatic rings. The van der Waals surface area contributed by atoms with Crippen molar-refractivity contribution in [1.82, 2.24) is 0 Å². The van der Waals surface area contributed by atoms with Crippen LogP contribution in [0.4, 0.5) is 0 Å². The lowest BCUT2D eigenvalue weighted by Gasteiger charge is -2.09. The van der Waals surface area contributed by atoms with Crippen LogP contribution in [0.25, 0.3) is 0 Å². The molecule has 1 atom stereocenters. The molecule has 2 rings (SSSR count). The van der Waals surface area contributed by atoms with Gasteiger partial charge in [0.25, 0.3) is 0 Å². The second kappa shape index (κ2) is 5.48. The summed E-state index contributed by atoms with van der Waals surface area (Å²) < 4.78 is 0. The highest BCUT2D eigenvalue weighted by Gasteiger charge is 2.07. The Morgan fingerprint density at radius 1 is 1.19 bits per heavy atom. The Bertz CT molecular complexity index is 439. The molecule has 0 saturated heterocycles. The average Bonchev–Trinajstić information content (AvgIpc) is 2.70. The van der Waals surface area contributed by atoms with E-state index in [1.54, 1.807) is 11.3 Å². The van der Waals surface area contributed by atoms with Crippen LogP contribution in [0.1, 0.15) is 11.1 Å². The number of hydrogen-bond donors (Lipinski definition) is 1. The molecule has 1 aromatic carbocycles. The maximum atomic E-state index is 9.93. The third kappa shape index (κ3) is 3.34. The van der Waals surface area contributed by atoms with E-state index in [2.05, 4.69) is 5.38 Å². The number of rotatable bonds is 4. The molecule has 0 amide bonds. The fourth-order valence-corrected chi connectivity index (χ4v) is 2.58. The van der Waals surface area contributed by atoms with Crippen LogP contribution in [-0.4, -0.2) is 11.2 Å². The number of thiophene rings is 1. The van der Waals surface area contributed by atoms with Crippen LogP contribution in [0, 0.1) is 0 Å². The molecule has 16 heavy (non-hydrogen) atoms. The van der Waals surface area contributed by atoms with Gasteiger partial charge in [-0.15, -0.1) is 0 Å². The summed E-state index contributed by atoms with van der Waals surface area (Å²) in [4.78, 5) is 0. The van der Waals surface area contributed by atoms with Crippen molar-refractivity contribution in [1.29, 1.82) is 0 Å². The van der Waals surface area contributed by atoms with Crippen LogP contribution in [0.5, 0.6) is 0 Å². The molecule has 1 N–H and O–H groups in total. The number of benzene rings is 1. The van der Waals surface area contributed by atoms with E-state index in [-0.39, 0.29) is 6.10 Å². The average molecular weight is 253 g/mol. The molecular formula is C13H13ClOS. The Balaban J connectivity index is 1.94. The van der Waals surface area contributed by atoms with E-state index in [4.69, 9.17) is 11.6 Å². The molecule has 0 aliphatic carbocycles. The highest BCUT2D eigenvalue weighted by molar-refractivity contribution is 7.07. The Kier molecular flexibility index (Phi) is 3.99. The number of aliphatic hydroxyl groups excluding tert-OH is 1. The van der Waals surface area contributed by atoms with Crippen molar-refractivity contribution < 1.29 is 5.11 Å². The summed E-state index contributed by atoms with van der Waals surface area (Å²) in [6, 6.07) is 9.69. The topological polar surface area (TPSA) is 20.2 Å². The van der Waals surface area contributed by atoms with Crippen LogP contribution >= 0.6 is 22.9 Å². The van der Waals surface area contributed by atoms with Crippen molar-refractivity contribution in [3.8, 4) is 0 Å². The molecule has 3 heteroatoms. The van der Waals surface area contributed by atoms with Gasteiger partial charge in [0, 0.05) is 5.02 Å². The Hall–Kier alpha value is -0.830. The summed E-state index contributed by atoms with van der Waals surface area (Å²) >= 11 is 7.55. The number of hydrogen-bond acceptors (Lipinski definition) is 2. The summed E-state index contributed by atoms with van der Waals surface area (Å²) in [5.74, 6) is 0. The van der Waals surface area contributed by atoms with E-state index in [0.29, 0.717) is 12.8 Å². The zero-order valence-electron chi connectivity index (χ0n) is 8.77. The van der Waals surface area contributed by atoms with Gasteiger partial charge in [-0.2, -0.15) is 11.3 Å². The van der Waals surface area contributed by atoms with Crippen molar-refractivity contribution in [3.63, 3.8) is 0 Å². The Labute approximate surface area is 104 Å². The van der Waals surface area contributed by atoms with E-state index in [1.807, 2.05) is 35.7 Å². The minimum atomic E-state index is -0.340. The van der Waals surface area contributed by atoms with Crippen molar-refractivity contribution in [2.45, 2.75) is 18.9 Å². The zero-order chi connectivity index (χ0) is 11.4. The minimum Gasteiger partial charge on any atom is -0.392 e. The van der Waals surface area contributed by atoms with E-state index in [9.17, 15) is 5.11 Å². The lowest BCUT2D eigenvalue weighted by molar-refractivity contribution is 0.175. The van der Waals surface area contributed by atoms with Gasteiger partial charge < -0.3 is 5.11 Å². The van der Waals surface area contributed by atoms with E-state index >= 15 is 0 Å². The van der Waals surface area contributed by atoms with Crippen molar-refractivity contribution in [2.75, 3.05) is 0 Å². The molecule has 1 heterocycles. The summed E-state index contributed by atoms with van der Waals surface area (Å²) in [5.41, 5.74) is 2.27. The predicted octanol–water partition coefficient (Wildman–Crippen LogP) is 3.55. The lowest BCUT2D eigenvalue weighted by atomic mass is 10.0. The summed E-state index contributed by atoms with van der Waals surface area (Å²) in [5, 5.41) is 14.7. The Morgan fingerprint density at radius 3 is 2.69 bits per heavy atom. The lowest BCUT2D eigenvalue weighted by Crippen LogP contribution is -2.13. The van der Waals surface area contributed by atoms with Crippen molar-refractivity contribution >= 4 is 22.9 Å². The molecular weight excluding hydrogens is 240 g/mol. The SMILES string of the molecule is OC(Cc1ccsc1)Cc1cccc(Cl)c1. The maximum absolute atomic E-state index is 9.93. The zero-order valence-corrected chi connectivity index (χ0v) is 10.3. The molecule has 0 aliphatic rings. The molecule has 1 aromatic heterocycles. The van der Waals surface area contributed by atoms with Gasteiger partial charge in [-0.3, -0.25) is 0 Å². The maximum Gasteiger partial charge on any atom is 0.0621 e. The first-order chi connectivity index (χ1) is 7.74. The van der Waals surface area contributed by atoms with Gasteiger partial charge >= 0.3 is 0 Å². The van der Waals surface area contributed by atoms with Crippen LogP contribution in [-0.2, 0) is 12.8 Å². The predicted molar refractivity (Wildman–Crippen MR) is 69.2 cm³/mol. The standard InChI is InChI=1S/C13H13ClOS/c14-12-3-1-2-10(6-12)7-13(15)8-11-4-5-16-9-11/h1-6,9,13,15H,7-8H2. The summed E-state index contributed by atoms with van der Waals surface area (Å²) in [6.45, 7) is 0. The highest BCUT2D eigenvalue weighted by Crippen LogP contribution is 2.15. The van der Waals surface area contributed by atoms with Crippen LogP contribution in [0.3, 0.4) is 0 Å². The van der Waals surface area contributed by atoms with Crippen LogP contribution in [0.15, 0.2) is 41.1 Å². The highest BCUT2D eigenvalue weighted by atomic mass is 35.5. The fourth-order valence-electron chi connectivity index (χ4n) is 1.69. The van der Waals surface area contributed by atoms with E-state index in [1.165, 1.54) is 5.56 Å². The van der Waals surface area contributed by atoms with Crippen molar-refractivity contribution in [2.24, 2.45) is 0 Å². The third-order valence-electron chi connectivity index (χ3n) is 2.41. The summed E-state index contributed by atoms with van der Waals surface area (Å²) in [7, 11) is 0. The first-order valence-electron chi connectivity index (χ1n) is 5.17. The third-order valence-corrected chi connectivity index (χ3v) is 3.38. The molecule has 0 bridgehead atoms. The monoisotopic (exact) mass is 252 g/mol. The molecule has 1 unspecified atom stereocenters. The molecule has 0 radical (unpaired) electrons. The minimum absolute atomic E-state index is 0.340. The second-order valence-corrected chi connectivity index (χ2v) is 5.04. The normalized spacial score (nSPS) is 12.6. The quantitative estimate of drug-likeness (QED) is 0.882. The smallest absolute Gasteiger partial charge is 0.0621 e. The summed E-state index contributed by atoms with van der Waals surface area (Å²) in [6.07, 6.45) is 1.01. The van der Waals surface area contributed by atoms with Gasteiger partial charge in [-0.25, -0.2) is 0 Å². The molecule has 0 aliphatic heterocycles. The second-order valence-electron chi connectivity index (χ2n) is 3.82. The van der Waals surface area contributed by atoms with Crippen LogP contribution in [0.2, 0.25) is 5.02 Å². The molecule has 0 saturated carbocycles. The largest absolute Gasteiger partial charge is 0.392 e. The van der Waals surface area contributed by atoms with Gasteiger partial charge in [0.2, 0.25) is 0 Å². The van der Waals surface area contributed by atoms with Gasteiger partial charge in [-0.1, -0.05) is 23.7 Å². The first kappa shape index (κ1) is 11.6. The van der Waals surface area contributed by atoms with Crippen molar-refractivity contribution in [3.05, 3.63) is 57.2 Å². The first-order valence-corrected chi connectivity index (χ1v) is 6.50. The van der Waals surface area contributed by atoms with E-state index in [0.717, 1.165) is 10.6 Å². The Morgan fingerprint density at radius 2 is 2.00 bits per heavy atom. The van der Waals surface area contributed by atoms with Crippen LogP contribution < -0.4 is 0 Å². The van der Waals surface area contributed by atoms with Gasteiger partial charge in [0.15, 0.2) is 0 Å². The number of halogens is 1.